The van der Waals surface area contributed by atoms with Gasteiger partial charge in [-0.05, 0) is 46.9 Å². The molecular formula is C34H31N3O5. The van der Waals surface area contributed by atoms with Crippen LogP contribution in [0.5, 0.6) is 0 Å². The third-order valence-electron chi connectivity index (χ3n) is 7.42. The number of aliphatic carboxylic acids is 1. The number of hydrogen-bond donors (Lipinski definition) is 4. The summed E-state index contributed by atoms with van der Waals surface area (Å²) in [5.74, 6) is -2.00. The van der Waals surface area contributed by atoms with Crippen molar-refractivity contribution in [2.45, 2.75) is 30.9 Å². The Hall–Kier alpha value is -5.37. The van der Waals surface area contributed by atoms with Gasteiger partial charge in [-0.1, -0.05) is 91.0 Å². The summed E-state index contributed by atoms with van der Waals surface area (Å²) in [4.78, 5) is 44.2. The molecule has 0 aliphatic carbocycles. The van der Waals surface area contributed by atoms with Crippen LogP contribution in [0.3, 0.4) is 0 Å². The zero-order chi connectivity index (χ0) is 29.5. The average molecular weight is 562 g/mol. The van der Waals surface area contributed by atoms with Crippen LogP contribution in [0.25, 0.3) is 10.9 Å². The Morgan fingerprint density at radius 2 is 1.45 bits per heavy atom. The lowest BCUT2D eigenvalue weighted by atomic mass is 9.69. The van der Waals surface area contributed by atoms with Crippen LogP contribution in [-0.2, 0) is 39.2 Å². The Bertz CT molecular complexity index is 1680. The van der Waals surface area contributed by atoms with Crippen LogP contribution in [0.2, 0.25) is 0 Å². The molecule has 42 heavy (non-hydrogen) atoms. The molecule has 5 N–H and O–H groups in total. The third kappa shape index (κ3) is 6.02. The van der Waals surface area contributed by atoms with E-state index in [1.54, 1.807) is 54.7 Å². The average Bonchev–Trinajstić information content (AvgIpc) is 3.42. The van der Waals surface area contributed by atoms with Gasteiger partial charge >= 0.3 is 12.1 Å². The minimum absolute atomic E-state index is 0.00722. The van der Waals surface area contributed by atoms with Crippen molar-refractivity contribution < 1.29 is 24.2 Å². The summed E-state index contributed by atoms with van der Waals surface area (Å²) >= 11 is 0. The first-order valence-electron chi connectivity index (χ1n) is 13.6. The second-order valence-electron chi connectivity index (χ2n) is 10.2. The highest BCUT2D eigenvalue weighted by molar-refractivity contribution is 6.12. The van der Waals surface area contributed by atoms with Gasteiger partial charge in [-0.3, -0.25) is 9.59 Å². The molecule has 8 heteroatoms. The van der Waals surface area contributed by atoms with Gasteiger partial charge < -0.3 is 25.9 Å². The number of carboxylic acid groups (broad SMARTS) is 1. The van der Waals surface area contributed by atoms with Crippen molar-refractivity contribution in [1.82, 2.24) is 10.3 Å². The first kappa shape index (κ1) is 28.2. The Morgan fingerprint density at radius 1 is 0.833 bits per heavy atom. The number of carboxylic acids is 1. The highest BCUT2D eigenvalue weighted by Crippen LogP contribution is 2.34. The Labute approximate surface area is 243 Å². The monoisotopic (exact) mass is 561 g/mol. The van der Waals surface area contributed by atoms with E-state index < -0.39 is 29.3 Å². The molecule has 5 aromatic rings. The summed E-state index contributed by atoms with van der Waals surface area (Å²) in [6.07, 6.45) is 0.859. The van der Waals surface area contributed by atoms with Crippen LogP contribution >= 0.6 is 0 Å². The Morgan fingerprint density at radius 3 is 2.12 bits per heavy atom. The van der Waals surface area contributed by atoms with Crippen molar-refractivity contribution in [1.29, 1.82) is 0 Å². The van der Waals surface area contributed by atoms with E-state index in [-0.39, 0.29) is 25.0 Å². The van der Waals surface area contributed by atoms with Crippen LogP contribution in [-0.4, -0.2) is 34.0 Å². The minimum atomic E-state index is -2.03. The number of ether oxygens (including phenoxy) is 1. The number of hydrogen-bond acceptors (Lipinski definition) is 5. The predicted octanol–water partition coefficient (Wildman–Crippen LogP) is 5.42. The minimum Gasteiger partial charge on any atom is -0.480 e. The van der Waals surface area contributed by atoms with E-state index in [4.69, 9.17) is 10.5 Å². The quantitative estimate of drug-likeness (QED) is 0.126. The van der Waals surface area contributed by atoms with E-state index in [9.17, 15) is 19.5 Å². The molecule has 0 saturated carbocycles. The highest BCUT2D eigenvalue weighted by Gasteiger charge is 2.50. The lowest BCUT2D eigenvalue weighted by Crippen LogP contribution is -2.56. The van der Waals surface area contributed by atoms with Gasteiger partial charge in [0, 0.05) is 29.2 Å². The number of alkyl carbamates (subject to hydrolysis) is 1. The Balaban J connectivity index is 1.55. The third-order valence-corrected chi connectivity index (χ3v) is 7.42. The van der Waals surface area contributed by atoms with Crippen molar-refractivity contribution >= 4 is 34.4 Å². The van der Waals surface area contributed by atoms with E-state index in [0.29, 0.717) is 11.3 Å². The number of rotatable bonds is 11. The molecule has 1 aromatic heterocycles. The van der Waals surface area contributed by atoms with Crippen LogP contribution in [0, 0.1) is 0 Å². The fourth-order valence-corrected chi connectivity index (χ4v) is 5.24. The van der Waals surface area contributed by atoms with Crippen LogP contribution in [0.15, 0.2) is 115 Å². The number of aromatic amines is 1. The molecule has 1 unspecified atom stereocenters. The molecule has 0 aliphatic heterocycles. The molecule has 1 heterocycles. The van der Waals surface area contributed by atoms with Crippen molar-refractivity contribution in [2.24, 2.45) is 0 Å². The van der Waals surface area contributed by atoms with Crippen molar-refractivity contribution in [2.75, 3.05) is 5.73 Å². The number of H-pyrrole nitrogens is 1. The highest BCUT2D eigenvalue weighted by atomic mass is 16.5. The topological polar surface area (TPSA) is 135 Å². The lowest BCUT2D eigenvalue weighted by molar-refractivity contribution is -0.149. The number of anilines is 1. The van der Waals surface area contributed by atoms with Crippen molar-refractivity contribution in [3.8, 4) is 0 Å². The molecule has 0 bridgehead atoms. The molecular weight excluding hydrogens is 530 g/mol. The molecule has 2 atom stereocenters. The van der Waals surface area contributed by atoms with Crippen LogP contribution in [0.4, 0.5) is 10.5 Å². The maximum absolute atomic E-state index is 14.7. The molecule has 4 aromatic carbocycles. The first-order valence-corrected chi connectivity index (χ1v) is 13.6. The molecule has 0 spiro atoms. The summed E-state index contributed by atoms with van der Waals surface area (Å²) in [5.41, 5.74) is 7.63. The molecule has 8 nitrogen and oxygen atoms in total. The van der Waals surface area contributed by atoms with Gasteiger partial charge in [-0.15, -0.1) is 0 Å². The van der Waals surface area contributed by atoms with Crippen molar-refractivity contribution in [3.63, 3.8) is 0 Å². The second kappa shape index (κ2) is 12.4. The van der Waals surface area contributed by atoms with Crippen molar-refractivity contribution in [3.05, 3.63) is 138 Å². The fraction of sp³-hybridized carbons (Fsp3) is 0.147. The van der Waals surface area contributed by atoms with Crippen LogP contribution < -0.4 is 11.1 Å². The number of para-hydroxylation sites is 1. The van der Waals surface area contributed by atoms with Gasteiger partial charge in [0.05, 0.1) is 6.04 Å². The maximum Gasteiger partial charge on any atom is 0.408 e. The summed E-state index contributed by atoms with van der Waals surface area (Å²) in [6, 6.07) is 30.7. The second-order valence-corrected chi connectivity index (χ2v) is 10.2. The normalized spacial score (nSPS) is 13.1. The zero-order valence-electron chi connectivity index (χ0n) is 22.8. The number of aromatic nitrogens is 1. The predicted molar refractivity (Wildman–Crippen MR) is 161 cm³/mol. The number of amides is 1. The number of ketones is 1. The van der Waals surface area contributed by atoms with E-state index in [1.165, 1.54) is 0 Å². The number of benzene rings is 4. The molecule has 0 aliphatic rings. The molecule has 212 valence electrons. The SMILES string of the molecule is Nc1ccc(C(Cc2ccccc2)(C(=O)O)C(=O)[C@H](Cc2c[nH]c3ccccc23)NC(=O)OCc2ccccc2)cc1. The standard InChI is InChI=1S/C34H31N3O5/c35-27-17-15-26(16-18-27)34(32(39)40,20-23-9-3-1-4-10-23)31(38)30(19-25-21-36-29-14-8-7-13-28(25)29)37-33(41)42-22-24-11-5-2-6-12-24/h1-18,21,30,36H,19-20,22,35H2,(H,37,41)(H,39,40)/t30-,34?/m0/s1. The van der Waals surface area contributed by atoms with Gasteiger partial charge in [-0.25, -0.2) is 4.79 Å². The molecule has 5 rings (SSSR count). The summed E-state index contributed by atoms with van der Waals surface area (Å²) in [5, 5.41) is 14.4. The lowest BCUT2D eigenvalue weighted by Gasteiger charge is -2.33. The number of nitrogens with two attached hydrogens (primary N) is 1. The number of carbonyl (C=O) groups is 3. The van der Waals surface area contributed by atoms with Gasteiger partial charge in [0.15, 0.2) is 11.2 Å². The summed E-state index contributed by atoms with van der Waals surface area (Å²) < 4.78 is 5.45. The maximum atomic E-state index is 14.7. The summed E-state index contributed by atoms with van der Waals surface area (Å²) in [7, 11) is 0. The fourth-order valence-electron chi connectivity index (χ4n) is 5.24. The number of carbonyl (C=O) groups excluding carboxylic acids is 2. The zero-order valence-corrected chi connectivity index (χ0v) is 22.8. The van der Waals surface area contributed by atoms with Gasteiger partial charge in [0.25, 0.3) is 0 Å². The largest absolute Gasteiger partial charge is 0.480 e. The molecule has 0 fully saturated rings. The van der Waals surface area contributed by atoms with Gasteiger partial charge in [0.2, 0.25) is 0 Å². The number of fused-ring (bicyclic) bond motifs is 1. The first-order chi connectivity index (χ1) is 20.4. The van der Waals surface area contributed by atoms with E-state index in [2.05, 4.69) is 10.3 Å². The van der Waals surface area contributed by atoms with Gasteiger partial charge in [-0.2, -0.15) is 0 Å². The van der Waals surface area contributed by atoms with E-state index >= 15 is 0 Å². The molecule has 0 radical (unpaired) electrons. The van der Waals surface area contributed by atoms with E-state index in [0.717, 1.165) is 22.0 Å². The van der Waals surface area contributed by atoms with Crippen LogP contribution in [0.1, 0.15) is 22.3 Å². The van der Waals surface area contributed by atoms with E-state index in [1.807, 2.05) is 60.7 Å². The smallest absolute Gasteiger partial charge is 0.408 e. The molecule has 1 amide bonds. The van der Waals surface area contributed by atoms with Gasteiger partial charge in [0.1, 0.15) is 6.61 Å². The number of Topliss-reactive ketones (excluding diaryl/α,β-unsaturated/α-hetero) is 1. The number of nitrogen functional groups attached to an aromatic ring is 1. The number of nitrogens with one attached hydrogen (secondary N) is 2. The summed E-state index contributed by atoms with van der Waals surface area (Å²) in [6.45, 7) is -0.00722. The Kier molecular flexibility index (Phi) is 8.34. The molecule has 0 saturated heterocycles.